The number of hydrogen-bond acceptors (Lipinski definition) is 3. The van der Waals surface area contributed by atoms with Crippen LogP contribution in [-0.2, 0) is 9.30 Å². The summed E-state index contributed by atoms with van der Waals surface area (Å²) in [6.45, 7) is 2.05. The molecule has 0 aliphatic carbocycles. The monoisotopic (exact) mass is 393 g/mol. The first-order valence-electron chi connectivity index (χ1n) is 9.26. The second kappa shape index (κ2) is 9.01. The Morgan fingerprint density at radius 3 is 1.82 bits per heavy atom. The van der Waals surface area contributed by atoms with E-state index in [1.165, 1.54) is 7.11 Å². The van der Waals surface area contributed by atoms with Gasteiger partial charge in [0.2, 0.25) is 7.29 Å². The minimum atomic E-state index is -3.04. The fraction of sp³-hybridized carbons (Fsp3) is 0.174. The second-order valence-corrected chi connectivity index (χ2v) is 8.99. The molecule has 3 aromatic carbocycles. The van der Waals surface area contributed by atoms with Gasteiger partial charge in [-0.05, 0) is 48.4 Å². The van der Waals surface area contributed by atoms with Crippen LogP contribution in [0, 0.1) is 0 Å². The minimum Gasteiger partial charge on any atom is -0.465 e. The lowest BCUT2D eigenvalue weighted by atomic mass is 10.0. The van der Waals surface area contributed by atoms with Crippen molar-refractivity contribution in [1.29, 1.82) is 0 Å². The van der Waals surface area contributed by atoms with Gasteiger partial charge in [-0.3, -0.25) is 9.65 Å². The molecule has 0 saturated heterocycles. The van der Waals surface area contributed by atoms with Crippen LogP contribution in [0.3, 0.4) is 0 Å². The molecule has 0 amide bonds. The zero-order valence-electron chi connectivity index (χ0n) is 16.0. The Hall–Kier alpha value is -2.68. The summed E-state index contributed by atoms with van der Waals surface area (Å²) in [6, 6.07) is 26.1. The summed E-state index contributed by atoms with van der Waals surface area (Å²) in [7, 11) is -1.68. The van der Waals surface area contributed by atoms with Gasteiger partial charge in [0, 0.05) is 16.7 Å². The zero-order valence-corrected chi connectivity index (χ0v) is 16.9. The van der Waals surface area contributed by atoms with Gasteiger partial charge < -0.3 is 4.74 Å². The summed E-state index contributed by atoms with van der Waals surface area (Å²) >= 11 is 0. The van der Waals surface area contributed by atoms with Crippen molar-refractivity contribution in [2.45, 2.75) is 19.4 Å². The minimum absolute atomic E-state index is 0.127. The molecule has 4 nitrogen and oxygen atoms in total. The third kappa shape index (κ3) is 4.24. The van der Waals surface area contributed by atoms with E-state index in [4.69, 9.17) is 4.74 Å². The van der Waals surface area contributed by atoms with Gasteiger partial charge in [-0.25, -0.2) is 4.79 Å². The maximum Gasteiger partial charge on any atom is 0.337 e. The smallest absolute Gasteiger partial charge is 0.337 e. The van der Waals surface area contributed by atoms with Crippen molar-refractivity contribution >= 4 is 23.9 Å². The summed E-state index contributed by atoms with van der Waals surface area (Å²) in [6.07, 6.45) is 0.751. The van der Waals surface area contributed by atoms with Crippen molar-refractivity contribution in [2.24, 2.45) is 0 Å². The quantitative estimate of drug-likeness (QED) is 0.476. The van der Waals surface area contributed by atoms with Crippen LogP contribution in [0.2, 0.25) is 0 Å². The van der Waals surface area contributed by atoms with Crippen molar-refractivity contribution in [1.82, 2.24) is 5.09 Å². The van der Waals surface area contributed by atoms with Gasteiger partial charge in [-0.2, -0.15) is 0 Å². The summed E-state index contributed by atoms with van der Waals surface area (Å²) < 4.78 is 19.0. The summed E-state index contributed by atoms with van der Waals surface area (Å²) in [5.41, 5.74) is 1.47. The highest BCUT2D eigenvalue weighted by Gasteiger charge is 2.30. The van der Waals surface area contributed by atoms with E-state index in [1.807, 2.05) is 79.7 Å². The summed E-state index contributed by atoms with van der Waals surface area (Å²) in [4.78, 5) is 11.7. The number of hydrogen-bond donors (Lipinski definition) is 1. The first kappa shape index (κ1) is 20.1. The van der Waals surface area contributed by atoms with E-state index in [0.717, 1.165) is 22.6 Å². The number of methoxy groups -OCH3 is 1. The molecular formula is C23H24NO3P. The fourth-order valence-electron chi connectivity index (χ4n) is 3.16. The van der Waals surface area contributed by atoms with Gasteiger partial charge in [-0.15, -0.1) is 0 Å². The Labute approximate surface area is 166 Å². The Morgan fingerprint density at radius 2 is 1.39 bits per heavy atom. The molecule has 0 saturated carbocycles. The molecule has 0 aliphatic heterocycles. The first-order valence-corrected chi connectivity index (χ1v) is 11.0. The third-order valence-corrected chi connectivity index (χ3v) is 7.45. The predicted octanol–water partition coefficient (Wildman–Crippen LogP) is 4.44. The van der Waals surface area contributed by atoms with Crippen LogP contribution in [-0.4, -0.2) is 13.1 Å². The lowest BCUT2D eigenvalue weighted by Crippen LogP contribution is -2.30. The standard InChI is InChI=1S/C23H24NO3P/c1-3-22(18-14-16-19(17-15-18)23(25)27-2)24-28(26,20-10-6-4-7-11-20)21-12-8-5-9-13-21/h4-17,22H,3H2,1-2H3,(H,24,26)/t22-/m1/s1. The van der Waals surface area contributed by atoms with Crippen LogP contribution in [0.4, 0.5) is 0 Å². The number of esters is 1. The van der Waals surface area contributed by atoms with Gasteiger partial charge in [0.25, 0.3) is 0 Å². The van der Waals surface area contributed by atoms with Crippen LogP contribution in [0.25, 0.3) is 0 Å². The number of carbonyl (C=O) groups is 1. The largest absolute Gasteiger partial charge is 0.465 e. The molecule has 0 radical (unpaired) electrons. The number of carbonyl (C=O) groups excluding carboxylic acids is 1. The maximum atomic E-state index is 14.2. The van der Waals surface area contributed by atoms with Crippen LogP contribution in [0.5, 0.6) is 0 Å². The molecule has 0 spiro atoms. The van der Waals surface area contributed by atoms with Crippen molar-refractivity contribution < 1.29 is 14.1 Å². The number of rotatable bonds is 7. The van der Waals surface area contributed by atoms with Gasteiger partial charge in [0.1, 0.15) is 0 Å². The fourth-order valence-corrected chi connectivity index (χ4v) is 5.72. The van der Waals surface area contributed by atoms with Gasteiger partial charge >= 0.3 is 5.97 Å². The van der Waals surface area contributed by atoms with Crippen molar-refractivity contribution in [2.75, 3.05) is 7.11 Å². The average Bonchev–Trinajstić information content (AvgIpc) is 2.78. The molecule has 0 bridgehead atoms. The van der Waals surface area contributed by atoms with Gasteiger partial charge in [0.15, 0.2) is 0 Å². The molecule has 0 aromatic heterocycles. The van der Waals surface area contributed by atoms with Crippen molar-refractivity contribution in [3.63, 3.8) is 0 Å². The van der Waals surface area contributed by atoms with E-state index in [9.17, 15) is 9.36 Å². The molecule has 0 aliphatic rings. The van der Waals surface area contributed by atoms with Crippen LogP contribution >= 0.6 is 7.29 Å². The molecule has 28 heavy (non-hydrogen) atoms. The molecule has 5 heteroatoms. The Kier molecular flexibility index (Phi) is 6.45. The number of ether oxygens (including phenoxy) is 1. The van der Waals surface area contributed by atoms with E-state index < -0.39 is 7.29 Å². The SMILES string of the molecule is CC[C@@H](NP(=O)(c1ccccc1)c1ccccc1)c1ccc(C(=O)OC)cc1. The molecule has 0 unspecified atom stereocenters. The van der Waals surface area contributed by atoms with Gasteiger partial charge in [0.05, 0.1) is 12.7 Å². The highest BCUT2D eigenvalue weighted by Crippen LogP contribution is 2.42. The normalized spacial score (nSPS) is 12.4. The second-order valence-electron chi connectivity index (χ2n) is 6.48. The third-order valence-electron chi connectivity index (χ3n) is 4.72. The molecule has 0 fully saturated rings. The predicted molar refractivity (Wildman–Crippen MR) is 114 cm³/mol. The molecule has 0 heterocycles. The van der Waals surface area contributed by atoms with Gasteiger partial charge in [-0.1, -0.05) is 55.5 Å². The average molecular weight is 393 g/mol. The molecular weight excluding hydrogens is 369 g/mol. The van der Waals surface area contributed by atoms with Crippen molar-refractivity contribution in [3.05, 3.63) is 96.1 Å². The van der Waals surface area contributed by atoms with Crippen LogP contribution < -0.4 is 15.7 Å². The Morgan fingerprint density at radius 1 is 0.893 bits per heavy atom. The molecule has 1 N–H and O–H groups in total. The molecule has 3 rings (SSSR count). The maximum absolute atomic E-state index is 14.2. The summed E-state index contributed by atoms with van der Waals surface area (Å²) in [5.74, 6) is -0.369. The zero-order chi connectivity index (χ0) is 20.0. The van der Waals surface area contributed by atoms with E-state index in [0.29, 0.717) is 5.56 Å². The van der Waals surface area contributed by atoms with E-state index in [-0.39, 0.29) is 12.0 Å². The van der Waals surface area contributed by atoms with E-state index in [2.05, 4.69) is 5.09 Å². The molecule has 1 atom stereocenters. The van der Waals surface area contributed by atoms with E-state index in [1.54, 1.807) is 12.1 Å². The first-order chi connectivity index (χ1) is 13.6. The highest BCUT2D eigenvalue weighted by molar-refractivity contribution is 7.76. The van der Waals surface area contributed by atoms with Crippen molar-refractivity contribution in [3.8, 4) is 0 Å². The van der Waals surface area contributed by atoms with Crippen LogP contribution in [0.15, 0.2) is 84.9 Å². The topological polar surface area (TPSA) is 55.4 Å². The lowest BCUT2D eigenvalue weighted by Gasteiger charge is -2.27. The highest BCUT2D eigenvalue weighted by atomic mass is 31.2. The molecule has 144 valence electrons. The number of nitrogens with one attached hydrogen (secondary N) is 1. The van der Waals surface area contributed by atoms with E-state index >= 15 is 0 Å². The molecule has 3 aromatic rings. The Bertz CT molecular complexity index is 913. The lowest BCUT2D eigenvalue weighted by molar-refractivity contribution is 0.0600. The Balaban J connectivity index is 1.97. The number of benzene rings is 3. The van der Waals surface area contributed by atoms with Crippen LogP contribution in [0.1, 0.15) is 35.3 Å². The summed E-state index contributed by atoms with van der Waals surface area (Å²) in [5, 5.41) is 4.97.